The second-order valence-electron chi connectivity index (χ2n) is 22.3. The Hall–Kier alpha value is -5.08. The van der Waals surface area contributed by atoms with Crippen LogP contribution >= 0.6 is 0 Å². The van der Waals surface area contributed by atoms with Crippen molar-refractivity contribution in [1.29, 1.82) is 0 Å². The standard InChI is InChI=1S/C59H64N2/c1-56(2,3)44-27-29-58(7)52(36-44)50-34-40(23-25-54(50)60(58)46-15-11-9-12-16-46)38-19-21-42-31-43-22-20-39(33-49(43)48(42)32-38)41-24-26-55-51(35-41)53-37-45(57(4,5)6)28-30-59(53,8)61(55)47-17-13-10-14-18-47/h9-26,32-35,44-45,52-53H,27-31,36-37H2,1-8H3. The lowest BCUT2D eigenvalue weighted by Gasteiger charge is -2.49. The highest BCUT2D eigenvalue weighted by molar-refractivity contribution is 5.87. The van der Waals surface area contributed by atoms with Gasteiger partial charge in [0.25, 0.3) is 0 Å². The number of para-hydroxylation sites is 2. The highest BCUT2D eigenvalue weighted by atomic mass is 15.2. The molecule has 0 spiro atoms. The first kappa shape index (κ1) is 38.8. The zero-order chi connectivity index (χ0) is 42.1. The van der Waals surface area contributed by atoms with Gasteiger partial charge in [-0.25, -0.2) is 0 Å². The average Bonchev–Trinajstić information content (AvgIpc) is 3.84. The SMILES string of the molecule is CC(C)(C)C1CCC2(C)C(C1)c1cc(-c3ccc4c(c3)-c3cc(-c5ccc6c(c5)C5CC(C(C)(C)C)CCC5(C)N6c5ccccc5)ccc3C4)ccc1N2c1ccccc1. The molecule has 310 valence electrons. The summed E-state index contributed by atoms with van der Waals surface area (Å²) in [6, 6.07) is 51.8. The molecule has 2 saturated carbocycles. The first-order chi connectivity index (χ1) is 29.2. The molecule has 6 aromatic rings. The summed E-state index contributed by atoms with van der Waals surface area (Å²) in [5.41, 5.74) is 20.3. The normalized spacial score (nSPS) is 26.3. The van der Waals surface area contributed by atoms with Crippen molar-refractivity contribution >= 4 is 22.7 Å². The van der Waals surface area contributed by atoms with E-state index in [0.29, 0.717) is 34.5 Å². The fraction of sp³-hybridized carbons (Fsp3) is 0.390. The minimum atomic E-state index is 0.0681. The van der Waals surface area contributed by atoms with Crippen LogP contribution in [0.3, 0.4) is 0 Å². The van der Waals surface area contributed by atoms with E-state index in [4.69, 9.17) is 0 Å². The van der Waals surface area contributed by atoms with Gasteiger partial charge < -0.3 is 9.80 Å². The van der Waals surface area contributed by atoms with E-state index in [9.17, 15) is 0 Å². The molecule has 2 heteroatoms. The van der Waals surface area contributed by atoms with Crippen LogP contribution < -0.4 is 9.80 Å². The van der Waals surface area contributed by atoms with E-state index in [1.165, 1.54) is 117 Å². The number of benzene rings is 6. The van der Waals surface area contributed by atoms with E-state index in [1.54, 1.807) is 0 Å². The smallest absolute Gasteiger partial charge is 0.0492 e. The van der Waals surface area contributed by atoms with Crippen molar-refractivity contribution in [2.24, 2.45) is 22.7 Å². The van der Waals surface area contributed by atoms with Gasteiger partial charge in [0.05, 0.1) is 0 Å². The Morgan fingerprint density at radius 2 is 0.836 bits per heavy atom. The molecular formula is C59H64N2. The van der Waals surface area contributed by atoms with E-state index in [2.05, 4.69) is 199 Å². The van der Waals surface area contributed by atoms with E-state index in [-0.39, 0.29) is 11.1 Å². The summed E-state index contributed by atoms with van der Waals surface area (Å²) in [5.74, 6) is 2.42. The lowest BCUT2D eigenvalue weighted by Crippen LogP contribution is -2.48. The van der Waals surface area contributed by atoms with Gasteiger partial charge in [-0.1, -0.05) is 114 Å². The summed E-state index contributed by atoms with van der Waals surface area (Å²) in [7, 11) is 0. The van der Waals surface area contributed by atoms with Gasteiger partial charge in [0.2, 0.25) is 0 Å². The van der Waals surface area contributed by atoms with Crippen LogP contribution in [0, 0.1) is 22.7 Å². The predicted molar refractivity (Wildman–Crippen MR) is 259 cm³/mol. The highest BCUT2D eigenvalue weighted by Gasteiger charge is 2.54. The van der Waals surface area contributed by atoms with Crippen LogP contribution in [0.2, 0.25) is 0 Å². The monoisotopic (exact) mass is 801 g/mol. The summed E-state index contributed by atoms with van der Waals surface area (Å²) in [6.07, 6.45) is 8.46. The fourth-order valence-electron chi connectivity index (χ4n) is 13.2. The van der Waals surface area contributed by atoms with Crippen LogP contribution in [0.15, 0.2) is 133 Å². The Morgan fingerprint density at radius 3 is 1.23 bits per heavy atom. The van der Waals surface area contributed by atoms with Crippen molar-refractivity contribution in [3.63, 3.8) is 0 Å². The van der Waals surface area contributed by atoms with Crippen molar-refractivity contribution in [2.45, 2.75) is 123 Å². The second kappa shape index (κ2) is 13.7. The summed E-state index contributed by atoms with van der Waals surface area (Å²) >= 11 is 0. The van der Waals surface area contributed by atoms with Crippen LogP contribution in [0.4, 0.5) is 22.7 Å². The molecule has 0 aromatic heterocycles. The van der Waals surface area contributed by atoms with Gasteiger partial charge in [-0.3, -0.25) is 0 Å². The quantitative estimate of drug-likeness (QED) is 0.175. The van der Waals surface area contributed by atoms with Crippen LogP contribution in [0.1, 0.15) is 128 Å². The molecule has 0 bridgehead atoms. The van der Waals surface area contributed by atoms with Crippen molar-refractivity contribution < 1.29 is 0 Å². The van der Waals surface area contributed by atoms with Crippen LogP contribution in [0.5, 0.6) is 0 Å². The Kier molecular flexibility index (Phi) is 8.72. The molecule has 2 nitrogen and oxygen atoms in total. The molecule has 0 N–H and O–H groups in total. The third-order valence-corrected chi connectivity index (χ3v) is 16.9. The zero-order valence-corrected chi connectivity index (χ0v) is 37.9. The van der Waals surface area contributed by atoms with Crippen molar-refractivity contribution in [1.82, 2.24) is 0 Å². The minimum absolute atomic E-state index is 0.0681. The molecule has 0 saturated heterocycles. The molecule has 6 atom stereocenters. The molecule has 2 fully saturated rings. The number of hydrogen-bond acceptors (Lipinski definition) is 2. The van der Waals surface area contributed by atoms with E-state index in [0.717, 1.165) is 6.42 Å². The minimum Gasteiger partial charge on any atom is -0.335 e. The molecule has 6 unspecified atom stereocenters. The fourth-order valence-corrected chi connectivity index (χ4v) is 13.2. The van der Waals surface area contributed by atoms with Crippen LogP contribution in [0.25, 0.3) is 33.4 Å². The maximum absolute atomic E-state index is 2.70. The summed E-state index contributed by atoms with van der Waals surface area (Å²) < 4.78 is 0. The number of rotatable bonds is 4. The molecule has 2 heterocycles. The lowest BCUT2D eigenvalue weighted by molar-refractivity contribution is 0.127. The Labute approximate surface area is 366 Å². The van der Waals surface area contributed by atoms with Gasteiger partial charge in [0.15, 0.2) is 0 Å². The Bertz CT molecular complexity index is 2480. The third kappa shape index (κ3) is 6.09. The van der Waals surface area contributed by atoms with Gasteiger partial charge in [-0.2, -0.15) is 0 Å². The predicted octanol–water partition coefficient (Wildman–Crippen LogP) is 16.3. The molecule has 0 amide bonds. The second-order valence-corrected chi connectivity index (χ2v) is 22.3. The topological polar surface area (TPSA) is 6.48 Å². The first-order valence-corrected chi connectivity index (χ1v) is 23.5. The average molecular weight is 801 g/mol. The molecule has 6 aromatic carbocycles. The number of fused-ring (bicyclic) bond motifs is 9. The van der Waals surface area contributed by atoms with E-state index >= 15 is 0 Å². The molecule has 11 rings (SSSR count). The van der Waals surface area contributed by atoms with Gasteiger partial charge in [-0.15, -0.1) is 0 Å². The van der Waals surface area contributed by atoms with E-state index in [1.807, 2.05) is 0 Å². The summed E-state index contributed by atoms with van der Waals surface area (Å²) in [4.78, 5) is 5.40. The van der Waals surface area contributed by atoms with Crippen molar-refractivity contribution in [3.8, 4) is 33.4 Å². The summed E-state index contributed by atoms with van der Waals surface area (Å²) in [6.45, 7) is 19.8. The third-order valence-electron chi connectivity index (χ3n) is 16.9. The highest BCUT2D eigenvalue weighted by Crippen LogP contribution is 2.62. The van der Waals surface area contributed by atoms with Crippen molar-refractivity contribution in [2.75, 3.05) is 9.80 Å². The molecular weight excluding hydrogens is 737 g/mol. The summed E-state index contributed by atoms with van der Waals surface area (Å²) in [5, 5.41) is 0. The number of anilines is 4. The Morgan fingerprint density at radius 1 is 0.459 bits per heavy atom. The van der Waals surface area contributed by atoms with E-state index < -0.39 is 0 Å². The van der Waals surface area contributed by atoms with Gasteiger partial charge in [0, 0.05) is 45.7 Å². The van der Waals surface area contributed by atoms with Crippen LogP contribution in [-0.4, -0.2) is 11.1 Å². The number of nitrogens with zero attached hydrogens (tertiary/aromatic N) is 2. The van der Waals surface area contributed by atoms with Crippen LogP contribution in [-0.2, 0) is 6.42 Å². The lowest BCUT2D eigenvalue weighted by atomic mass is 9.62. The zero-order valence-electron chi connectivity index (χ0n) is 37.9. The maximum atomic E-state index is 2.70. The molecule has 0 radical (unpaired) electrons. The first-order valence-electron chi connectivity index (χ1n) is 23.5. The molecule has 3 aliphatic carbocycles. The van der Waals surface area contributed by atoms with Crippen molar-refractivity contribution in [3.05, 3.63) is 156 Å². The number of hydrogen-bond donors (Lipinski definition) is 0. The molecule has 2 aliphatic heterocycles. The van der Waals surface area contributed by atoms with Gasteiger partial charge in [0.1, 0.15) is 0 Å². The van der Waals surface area contributed by atoms with Gasteiger partial charge >= 0.3 is 0 Å². The van der Waals surface area contributed by atoms with Gasteiger partial charge in [-0.05, 0) is 198 Å². The largest absolute Gasteiger partial charge is 0.335 e. The molecule has 5 aliphatic rings. The molecule has 61 heavy (non-hydrogen) atoms. The maximum Gasteiger partial charge on any atom is 0.0492 e. The Balaban J connectivity index is 0.958.